The van der Waals surface area contributed by atoms with Crippen LogP contribution in [0.4, 0.5) is 0 Å². The lowest BCUT2D eigenvalue weighted by Gasteiger charge is -2.20. The molecule has 1 heteroatoms. The number of carbonyl (C=O) groups is 1. The van der Waals surface area contributed by atoms with Gasteiger partial charge in [-0.3, -0.25) is 4.79 Å². The van der Waals surface area contributed by atoms with Crippen LogP contribution in [-0.2, 0) is 4.79 Å². The molecule has 0 spiro atoms. The maximum absolute atomic E-state index is 12.1. The van der Waals surface area contributed by atoms with E-state index in [0.717, 1.165) is 24.7 Å². The Balaban J connectivity index is 1.82. The van der Waals surface area contributed by atoms with Gasteiger partial charge in [-0.25, -0.2) is 0 Å². The van der Waals surface area contributed by atoms with Crippen molar-refractivity contribution in [3.8, 4) is 0 Å². The topological polar surface area (TPSA) is 17.1 Å². The van der Waals surface area contributed by atoms with Crippen molar-refractivity contribution in [3.05, 3.63) is 23.3 Å². The summed E-state index contributed by atoms with van der Waals surface area (Å²) in [6.45, 7) is 4.59. The van der Waals surface area contributed by atoms with Crippen molar-refractivity contribution in [2.75, 3.05) is 0 Å². The van der Waals surface area contributed by atoms with Gasteiger partial charge < -0.3 is 0 Å². The standard InChI is InChI=1S/C17H26O/c1-13-5-3-7-15(9-13)11-17(18)12-16-8-4-6-14(2)10-16/h7-8,13-14H,3-6,9-12H2,1-2H3. The summed E-state index contributed by atoms with van der Waals surface area (Å²) in [5, 5.41) is 0. The van der Waals surface area contributed by atoms with Crippen molar-refractivity contribution in [1.82, 2.24) is 0 Å². The van der Waals surface area contributed by atoms with E-state index < -0.39 is 0 Å². The minimum Gasteiger partial charge on any atom is -0.299 e. The zero-order valence-electron chi connectivity index (χ0n) is 11.9. The molecular formula is C17H26O. The van der Waals surface area contributed by atoms with Crippen LogP contribution in [0.3, 0.4) is 0 Å². The Bertz CT molecular complexity index is 328. The lowest BCUT2D eigenvalue weighted by molar-refractivity contribution is -0.117. The molecule has 0 aromatic rings. The van der Waals surface area contributed by atoms with Crippen molar-refractivity contribution in [3.63, 3.8) is 0 Å². The third kappa shape index (κ3) is 4.12. The van der Waals surface area contributed by atoms with E-state index in [0.29, 0.717) is 18.6 Å². The molecule has 0 saturated heterocycles. The molecule has 0 radical (unpaired) electrons. The molecular weight excluding hydrogens is 220 g/mol. The van der Waals surface area contributed by atoms with Crippen LogP contribution in [0.25, 0.3) is 0 Å². The number of rotatable bonds is 4. The Morgan fingerprint density at radius 2 is 1.44 bits per heavy atom. The molecule has 2 aliphatic rings. The molecule has 1 nitrogen and oxygen atoms in total. The van der Waals surface area contributed by atoms with Crippen molar-refractivity contribution in [2.45, 2.75) is 65.2 Å². The van der Waals surface area contributed by atoms with Gasteiger partial charge in [0.05, 0.1) is 0 Å². The van der Waals surface area contributed by atoms with Crippen molar-refractivity contribution in [1.29, 1.82) is 0 Å². The highest BCUT2D eigenvalue weighted by atomic mass is 16.1. The van der Waals surface area contributed by atoms with Gasteiger partial charge in [-0.1, -0.05) is 37.1 Å². The Morgan fingerprint density at radius 3 is 1.83 bits per heavy atom. The van der Waals surface area contributed by atoms with Gasteiger partial charge >= 0.3 is 0 Å². The summed E-state index contributed by atoms with van der Waals surface area (Å²) in [5.74, 6) is 1.97. The van der Waals surface area contributed by atoms with Crippen LogP contribution >= 0.6 is 0 Å². The predicted molar refractivity (Wildman–Crippen MR) is 76.4 cm³/mol. The molecule has 0 fully saturated rings. The van der Waals surface area contributed by atoms with Gasteiger partial charge in [-0.05, 0) is 50.4 Å². The summed E-state index contributed by atoms with van der Waals surface area (Å²) in [4.78, 5) is 12.1. The maximum atomic E-state index is 12.1. The van der Waals surface area contributed by atoms with Crippen LogP contribution in [0, 0.1) is 11.8 Å². The van der Waals surface area contributed by atoms with Crippen molar-refractivity contribution >= 4 is 5.78 Å². The van der Waals surface area contributed by atoms with E-state index in [2.05, 4.69) is 26.0 Å². The van der Waals surface area contributed by atoms with E-state index >= 15 is 0 Å². The van der Waals surface area contributed by atoms with Crippen LogP contribution in [0.2, 0.25) is 0 Å². The van der Waals surface area contributed by atoms with E-state index in [4.69, 9.17) is 0 Å². The normalized spacial score (nSPS) is 28.6. The van der Waals surface area contributed by atoms with Crippen LogP contribution in [0.15, 0.2) is 23.3 Å². The lowest BCUT2D eigenvalue weighted by Crippen LogP contribution is -2.10. The molecule has 0 N–H and O–H groups in total. The molecule has 0 amide bonds. The first-order chi connectivity index (χ1) is 8.63. The lowest BCUT2D eigenvalue weighted by atomic mass is 9.85. The monoisotopic (exact) mass is 246 g/mol. The summed E-state index contributed by atoms with van der Waals surface area (Å²) in [6.07, 6.45) is 13.2. The number of carbonyl (C=O) groups excluding carboxylic acids is 1. The summed E-state index contributed by atoms with van der Waals surface area (Å²) >= 11 is 0. The van der Waals surface area contributed by atoms with Crippen LogP contribution in [0.1, 0.15) is 65.2 Å². The highest BCUT2D eigenvalue weighted by Gasteiger charge is 2.17. The Morgan fingerprint density at radius 1 is 1.00 bits per heavy atom. The van der Waals surface area contributed by atoms with Crippen molar-refractivity contribution in [2.24, 2.45) is 11.8 Å². The van der Waals surface area contributed by atoms with E-state index in [1.54, 1.807) is 0 Å². The highest BCUT2D eigenvalue weighted by Crippen LogP contribution is 2.29. The number of allylic oxidation sites excluding steroid dienone is 4. The molecule has 18 heavy (non-hydrogen) atoms. The van der Waals surface area contributed by atoms with E-state index in [1.807, 2.05) is 0 Å². The van der Waals surface area contributed by atoms with Gasteiger partial charge in [-0.15, -0.1) is 0 Å². The maximum Gasteiger partial charge on any atom is 0.140 e. The smallest absolute Gasteiger partial charge is 0.140 e. The van der Waals surface area contributed by atoms with Gasteiger partial charge in [0.25, 0.3) is 0 Å². The molecule has 0 heterocycles. The molecule has 2 unspecified atom stereocenters. The number of hydrogen-bond acceptors (Lipinski definition) is 1. The molecule has 100 valence electrons. The first-order valence-corrected chi connectivity index (χ1v) is 7.51. The zero-order valence-corrected chi connectivity index (χ0v) is 11.9. The quantitative estimate of drug-likeness (QED) is 0.649. The fraction of sp³-hybridized carbons (Fsp3) is 0.706. The van der Waals surface area contributed by atoms with E-state index in [9.17, 15) is 4.79 Å². The van der Waals surface area contributed by atoms with Gasteiger partial charge in [0, 0.05) is 12.8 Å². The third-order valence-corrected chi connectivity index (χ3v) is 4.25. The summed E-state index contributed by atoms with van der Waals surface area (Å²) in [5.41, 5.74) is 2.78. The van der Waals surface area contributed by atoms with E-state index in [-0.39, 0.29) is 0 Å². The first kappa shape index (κ1) is 13.6. The van der Waals surface area contributed by atoms with Gasteiger partial charge in [0.15, 0.2) is 0 Å². The fourth-order valence-electron chi connectivity index (χ4n) is 3.27. The van der Waals surface area contributed by atoms with Gasteiger partial charge in [0.2, 0.25) is 0 Å². The minimum atomic E-state index is 0.427. The number of hydrogen-bond donors (Lipinski definition) is 0. The number of ketones is 1. The molecule has 0 aromatic carbocycles. The fourth-order valence-corrected chi connectivity index (χ4v) is 3.27. The van der Waals surface area contributed by atoms with Crippen LogP contribution in [0.5, 0.6) is 0 Å². The Kier molecular flexibility index (Phi) is 4.79. The summed E-state index contributed by atoms with van der Waals surface area (Å²) in [6, 6.07) is 0. The molecule has 0 aromatic heterocycles. The Hall–Kier alpha value is -0.850. The predicted octanol–water partition coefficient (Wildman–Crippen LogP) is 4.83. The first-order valence-electron chi connectivity index (χ1n) is 7.51. The van der Waals surface area contributed by atoms with Crippen LogP contribution in [-0.4, -0.2) is 5.78 Å². The summed E-state index contributed by atoms with van der Waals surface area (Å²) < 4.78 is 0. The van der Waals surface area contributed by atoms with Gasteiger partial charge in [-0.2, -0.15) is 0 Å². The molecule has 0 aliphatic heterocycles. The van der Waals surface area contributed by atoms with Crippen molar-refractivity contribution < 1.29 is 4.79 Å². The summed E-state index contributed by atoms with van der Waals surface area (Å²) in [7, 11) is 0. The zero-order chi connectivity index (χ0) is 13.0. The third-order valence-electron chi connectivity index (χ3n) is 4.25. The average molecular weight is 246 g/mol. The molecule has 0 bridgehead atoms. The molecule has 2 aliphatic carbocycles. The van der Waals surface area contributed by atoms with Crippen LogP contribution < -0.4 is 0 Å². The molecule has 2 atom stereocenters. The number of Topliss-reactive ketones (excluding diaryl/α,β-unsaturated/α-hetero) is 1. The molecule has 2 rings (SSSR count). The average Bonchev–Trinajstić information content (AvgIpc) is 2.28. The van der Waals surface area contributed by atoms with Gasteiger partial charge in [0.1, 0.15) is 5.78 Å². The minimum absolute atomic E-state index is 0.427. The SMILES string of the molecule is CC1CCC=C(CC(=O)CC2=CCCC(C)C2)C1. The Labute approximate surface area is 111 Å². The van der Waals surface area contributed by atoms with E-state index in [1.165, 1.54) is 36.8 Å². The largest absolute Gasteiger partial charge is 0.299 e. The highest BCUT2D eigenvalue weighted by molar-refractivity contribution is 5.83. The molecule has 0 saturated carbocycles. The second kappa shape index (κ2) is 6.36. The second-order valence-electron chi connectivity index (χ2n) is 6.39. The second-order valence-corrected chi connectivity index (χ2v) is 6.39.